The quantitative estimate of drug-likeness (QED) is 0.846. The lowest BCUT2D eigenvalue weighted by atomic mass is 10.0. The van der Waals surface area contributed by atoms with Crippen molar-refractivity contribution in [2.75, 3.05) is 10.6 Å². The summed E-state index contributed by atoms with van der Waals surface area (Å²) in [6, 6.07) is 7.28. The number of nitrogens with one attached hydrogen (secondary N) is 2. The summed E-state index contributed by atoms with van der Waals surface area (Å²) in [6.45, 7) is 5.43. The Balaban J connectivity index is 1.99. The highest BCUT2D eigenvalue weighted by Crippen LogP contribution is 2.23. The van der Waals surface area contributed by atoms with Crippen LogP contribution in [0.25, 0.3) is 0 Å². The van der Waals surface area contributed by atoms with Crippen LogP contribution in [0.1, 0.15) is 43.6 Å². The van der Waals surface area contributed by atoms with Gasteiger partial charge in [-0.1, -0.05) is 25.5 Å². The van der Waals surface area contributed by atoms with E-state index in [1.165, 1.54) is 23.1 Å². The monoisotopic (exact) mass is 331 g/mol. The number of benzene rings is 1. The van der Waals surface area contributed by atoms with Crippen LogP contribution in [0.2, 0.25) is 0 Å². The van der Waals surface area contributed by atoms with Gasteiger partial charge in [-0.3, -0.25) is 9.59 Å². The van der Waals surface area contributed by atoms with Gasteiger partial charge in [-0.25, -0.2) is 4.98 Å². The molecule has 2 aromatic rings. The first-order valence-corrected chi connectivity index (χ1v) is 8.44. The topological polar surface area (TPSA) is 71.1 Å². The maximum atomic E-state index is 12.3. The van der Waals surface area contributed by atoms with Crippen LogP contribution in [0.4, 0.5) is 10.8 Å². The molecule has 1 heterocycles. The minimum Gasteiger partial charge on any atom is -0.326 e. The number of aromatic nitrogens is 1. The maximum absolute atomic E-state index is 12.3. The fraction of sp³-hybridized carbons (Fsp3) is 0.353. The average molecular weight is 331 g/mol. The number of anilines is 2. The zero-order valence-corrected chi connectivity index (χ0v) is 14.4. The van der Waals surface area contributed by atoms with E-state index in [1.807, 2.05) is 25.3 Å². The number of nitrogens with zero attached hydrogens (tertiary/aromatic N) is 1. The minimum atomic E-state index is -0.292. The number of amides is 2. The number of rotatable bonds is 6. The van der Waals surface area contributed by atoms with Crippen molar-refractivity contribution in [2.45, 2.75) is 39.5 Å². The van der Waals surface area contributed by atoms with Gasteiger partial charge in [0.25, 0.3) is 0 Å². The van der Waals surface area contributed by atoms with Gasteiger partial charge in [0.1, 0.15) is 0 Å². The molecule has 122 valence electrons. The second-order valence-corrected chi connectivity index (χ2v) is 6.51. The Morgan fingerprint density at radius 1 is 1.22 bits per heavy atom. The molecule has 0 fully saturated rings. The van der Waals surface area contributed by atoms with Crippen LogP contribution in [-0.4, -0.2) is 16.8 Å². The molecule has 1 aromatic carbocycles. The highest BCUT2D eigenvalue weighted by molar-refractivity contribution is 7.15. The molecular formula is C17H21N3O2S. The fourth-order valence-electron chi connectivity index (χ4n) is 2.15. The van der Waals surface area contributed by atoms with Crippen LogP contribution in [0.5, 0.6) is 0 Å². The Bertz CT molecular complexity index is 679. The Morgan fingerprint density at radius 2 is 1.91 bits per heavy atom. The van der Waals surface area contributed by atoms with Gasteiger partial charge < -0.3 is 10.6 Å². The molecule has 5 nitrogen and oxygen atoms in total. The van der Waals surface area contributed by atoms with Crippen LogP contribution in [0, 0.1) is 0 Å². The molecular weight excluding hydrogens is 310 g/mol. The first kappa shape index (κ1) is 17.1. The van der Waals surface area contributed by atoms with Gasteiger partial charge in [0.15, 0.2) is 5.13 Å². The number of carbonyl (C=O) groups excluding carboxylic acids is 2. The second-order valence-electron chi connectivity index (χ2n) is 5.40. The summed E-state index contributed by atoms with van der Waals surface area (Å²) in [5, 5.41) is 6.21. The zero-order valence-electron chi connectivity index (χ0n) is 13.6. The molecule has 0 unspecified atom stereocenters. The van der Waals surface area contributed by atoms with Crippen molar-refractivity contribution in [1.82, 2.24) is 4.98 Å². The van der Waals surface area contributed by atoms with Gasteiger partial charge >= 0.3 is 0 Å². The number of hydrogen-bond donors (Lipinski definition) is 2. The molecule has 2 N–H and O–H groups in total. The Kier molecular flexibility index (Phi) is 5.87. The first-order chi connectivity index (χ1) is 11.0. The zero-order chi connectivity index (χ0) is 16.8. The average Bonchev–Trinajstić information content (AvgIpc) is 2.94. The molecule has 23 heavy (non-hydrogen) atoms. The van der Waals surface area contributed by atoms with Crippen LogP contribution in [0.15, 0.2) is 30.5 Å². The highest BCUT2D eigenvalue weighted by atomic mass is 32.1. The summed E-state index contributed by atoms with van der Waals surface area (Å²) >= 11 is 1.52. The van der Waals surface area contributed by atoms with Gasteiger partial charge in [-0.2, -0.15) is 0 Å². The molecule has 0 aliphatic rings. The maximum Gasteiger partial charge on any atom is 0.233 e. The van der Waals surface area contributed by atoms with E-state index in [4.69, 9.17) is 0 Å². The lowest BCUT2D eigenvalue weighted by Crippen LogP contribution is -2.18. The van der Waals surface area contributed by atoms with Gasteiger partial charge in [-0.05, 0) is 31.0 Å². The summed E-state index contributed by atoms with van der Waals surface area (Å²) in [4.78, 5) is 28.8. The van der Waals surface area contributed by atoms with Gasteiger partial charge in [0, 0.05) is 23.7 Å². The largest absolute Gasteiger partial charge is 0.326 e. The van der Waals surface area contributed by atoms with Crippen LogP contribution < -0.4 is 10.6 Å². The molecule has 1 atom stereocenters. The van der Waals surface area contributed by atoms with Crippen molar-refractivity contribution in [3.05, 3.63) is 40.9 Å². The van der Waals surface area contributed by atoms with E-state index in [9.17, 15) is 9.59 Å². The van der Waals surface area contributed by atoms with Crippen molar-refractivity contribution in [3.8, 4) is 0 Å². The lowest BCUT2D eigenvalue weighted by Gasteiger charge is -2.12. The fourth-order valence-corrected chi connectivity index (χ4v) is 3.07. The molecule has 0 radical (unpaired) electrons. The first-order valence-electron chi connectivity index (χ1n) is 7.62. The van der Waals surface area contributed by atoms with Gasteiger partial charge in [0.2, 0.25) is 11.8 Å². The van der Waals surface area contributed by atoms with E-state index in [0.717, 1.165) is 24.1 Å². The van der Waals surface area contributed by atoms with Crippen LogP contribution in [0.3, 0.4) is 0 Å². The number of aryl methyl sites for hydroxylation is 1. The summed E-state index contributed by atoms with van der Waals surface area (Å²) in [7, 11) is 0. The molecule has 2 rings (SSSR count). The predicted octanol–water partition coefficient (Wildman–Crippen LogP) is 3.80. The molecule has 0 bridgehead atoms. The number of carbonyl (C=O) groups is 2. The normalized spacial score (nSPS) is 11.8. The highest BCUT2D eigenvalue weighted by Gasteiger charge is 2.16. The molecule has 2 amide bonds. The molecule has 1 aromatic heterocycles. The molecule has 6 heteroatoms. The van der Waals surface area contributed by atoms with E-state index in [0.29, 0.717) is 5.13 Å². The lowest BCUT2D eigenvalue weighted by molar-refractivity contribution is -0.117. The van der Waals surface area contributed by atoms with E-state index in [2.05, 4.69) is 22.5 Å². The van der Waals surface area contributed by atoms with Crippen LogP contribution in [-0.2, 0) is 16.0 Å². The summed E-state index contributed by atoms with van der Waals surface area (Å²) in [6.07, 6.45) is 3.86. The molecule has 0 saturated carbocycles. The van der Waals surface area contributed by atoms with Gasteiger partial charge in [-0.15, -0.1) is 11.3 Å². The molecule has 0 saturated heterocycles. The van der Waals surface area contributed by atoms with Crippen molar-refractivity contribution in [2.24, 2.45) is 0 Å². The van der Waals surface area contributed by atoms with E-state index < -0.39 is 0 Å². The third-order valence-corrected chi connectivity index (χ3v) is 4.38. The number of thiazole rings is 1. The Morgan fingerprint density at radius 3 is 2.52 bits per heavy atom. The van der Waals surface area contributed by atoms with E-state index in [-0.39, 0.29) is 17.7 Å². The standard InChI is InChI=1S/C17H21N3O2S/c1-4-5-15-10-18-17(23-15)20-16(22)11(2)13-6-8-14(9-7-13)19-12(3)21/h6-11H,4-5H2,1-3H3,(H,19,21)(H,18,20,22)/t11-/m0/s1. The SMILES string of the molecule is CCCc1cnc(NC(=O)[C@@H](C)c2ccc(NC(C)=O)cc2)s1. The predicted molar refractivity (Wildman–Crippen MR) is 93.9 cm³/mol. The van der Waals surface area contributed by atoms with Crippen molar-refractivity contribution in [3.63, 3.8) is 0 Å². The Hall–Kier alpha value is -2.21. The van der Waals surface area contributed by atoms with E-state index in [1.54, 1.807) is 12.1 Å². The molecule has 0 aliphatic carbocycles. The third kappa shape index (κ3) is 4.89. The molecule has 0 aliphatic heterocycles. The molecule has 0 spiro atoms. The Labute approximate surface area is 140 Å². The second kappa shape index (κ2) is 7.87. The van der Waals surface area contributed by atoms with Crippen LogP contribution >= 0.6 is 11.3 Å². The van der Waals surface area contributed by atoms with Gasteiger partial charge in [0.05, 0.1) is 5.92 Å². The van der Waals surface area contributed by atoms with Crippen molar-refractivity contribution >= 4 is 34.0 Å². The smallest absolute Gasteiger partial charge is 0.233 e. The summed E-state index contributed by atoms with van der Waals surface area (Å²) < 4.78 is 0. The number of hydrogen-bond acceptors (Lipinski definition) is 4. The third-order valence-electron chi connectivity index (χ3n) is 3.40. The van der Waals surface area contributed by atoms with Crippen molar-refractivity contribution in [1.29, 1.82) is 0 Å². The minimum absolute atomic E-state index is 0.0883. The summed E-state index contributed by atoms with van der Waals surface area (Å²) in [5.41, 5.74) is 1.61. The summed E-state index contributed by atoms with van der Waals surface area (Å²) in [5.74, 6) is -0.496. The van der Waals surface area contributed by atoms with Crippen molar-refractivity contribution < 1.29 is 9.59 Å². The van der Waals surface area contributed by atoms with E-state index >= 15 is 0 Å².